The van der Waals surface area contributed by atoms with Crippen LogP contribution in [-0.4, -0.2) is 20.9 Å². The topological polar surface area (TPSA) is 49.3 Å². The van der Waals surface area contributed by atoms with Crippen LogP contribution in [0, 0.1) is 0 Å². The molecule has 12 heavy (non-hydrogen) atoms. The number of aliphatic hydroxyl groups excluding tert-OH is 1. The van der Waals surface area contributed by atoms with Crippen LogP contribution in [0.2, 0.25) is 0 Å². The van der Waals surface area contributed by atoms with E-state index >= 15 is 0 Å². The second-order valence-corrected chi connectivity index (χ2v) is 2.83. The third-order valence-electron chi connectivity index (χ3n) is 1.31. The van der Waals surface area contributed by atoms with Gasteiger partial charge in [-0.2, -0.15) is 0 Å². The first-order valence-electron chi connectivity index (χ1n) is 3.46. The summed E-state index contributed by atoms with van der Waals surface area (Å²) in [4.78, 5) is 0. The minimum atomic E-state index is -0.154. The van der Waals surface area contributed by atoms with E-state index in [4.69, 9.17) is 5.11 Å². The van der Waals surface area contributed by atoms with Crippen LogP contribution in [0.15, 0.2) is 30.3 Å². The van der Waals surface area contributed by atoms with Gasteiger partial charge in [-0.1, -0.05) is 18.2 Å². The monoisotopic (exact) mass is 183 g/mol. The highest BCUT2D eigenvalue weighted by molar-refractivity contribution is 7.66. The van der Waals surface area contributed by atoms with E-state index in [1.807, 2.05) is 30.3 Å². The largest absolute Gasteiger partial charge is 0.378 e. The molecule has 2 N–H and O–H groups in total. The minimum absolute atomic E-state index is 0.104. The summed E-state index contributed by atoms with van der Waals surface area (Å²) in [6, 6.07) is 9.38. The van der Waals surface area contributed by atoms with Crippen molar-refractivity contribution in [2.24, 2.45) is 0 Å². The number of anilines is 1. The Kier molecular flexibility index (Phi) is 3.50. The van der Waals surface area contributed by atoms with Crippen LogP contribution >= 0.6 is 0 Å². The number of aliphatic hydroxyl groups is 1. The van der Waals surface area contributed by atoms with Crippen molar-refractivity contribution in [2.45, 2.75) is 0 Å². The van der Waals surface area contributed by atoms with Gasteiger partial charge in [-0.25, -0.2) is 4.21 Å². The van der Waals surface area contributed by atoms with E-state index in [2.05, 4.69) is 5.32 Å². The molecule has 0 radical (unpaired) electrons. The van der Waals surface area contributed by atoms with E-state index in [0.29, 0.717) is 0 Å². The molecule has 4 heteroatoms. The Labute approximate surface area is 74.1 Å². The van der Waals surface area contributed by atoms with E-state index in [-0.39, 0.29) is 22.9 Å². The molecule has 0 spiro atoms. The van der Waals surface area contributed by atoms with Crippen LogP contribution in [0.5, 0.6) is 0 Å². The highest BCUT2D eigenvalue weighted by atomic mass is 32.1. The van der Waals surface area contributed by atoms with E-state index in [1.54, 1.807) is 0 Å². The maximum absolute atomic E-state index is 10.0. The van der Waals surface area contributed by atoms with Crippen LogP contribution in [0.4, 0.5) is 5.69 Å². The zero-order chi connectivity index (χ0) is 8.81. The first-order valence-corrected chi connectivity index (χ1v) is 4.20. The fraction of sp³-hybridized carbons (Fsp3) is 0.125. The van der Waals surface area contributed by atoms with Crippen molar-refractivity contribution in [2.75, 3.05) is 11.9 Å². The molecule has 0 saturated heterocycles. The Morgan fingerprint density at radius 1 is 1.42 bits per heavy atom. The van der Waals surface area contributed by atoms with Gasteiger partial charge in [0.25, 0.3) is 0 Å². The summed E-state index contributed by atoms with van der Waals surface area (Å²) in [5, 5.41) is 11.6. The van der Waals surface area contributed by atoms with E-state index < -0.39 is 0 Å². The number of hydrogen-bond donors (Lipinski definition) is 2. The van der Waals surface area contributed by atoms with Gasteiger partial charge in [0, 0.05) is 5.69 Å². The van der Waals surface area contributed by atoms with E-state index in [9.17, 15) is 4.21 Å². The van der Waals surface area contributed by atoms with Crippen molar-refractivity contribution in [1.82, 2.24) is 0 Å². The highest BCUT2D eigenvalue weighted by Crippen LogP contribution is 2.03. The highest BCUT2D eigenvalue weighted by Gasteiger charge is 1.91. The normalized spacial score (nSPS) is 9.08. The summed E-state index contributed by atoms with van der Waals surface area (Å²) < 4.78 is 10.0. The lowest BCUT2D eigenvalue weighted by Crippen LogP contribution is -2.12. The van der Waals surface area contributed by atoms with Crippen LogP contribution in [0.3, 0.4) is 0 Å². The number of rotatable bonds is 3. The van der Waals surface area contributed by atoms with Crippen molar-refractivity contribution < 1.29 is 9.32 Å². The number of benzene rings is 1. The van der Waals surface area contributed by atoms with Crippen LogP contribution in [0.1, 0.15) is 0 Å². The van der Waals surface area contributed by atoms with Crippen LogP contribution in [-0.2, 0) is 11.3 Å². The Morgan fingerprint density at radius 2 is 2.08 bits per heavy atom. The lowest BCUT2D eigenvalue weighted by atomic mass is 10.3. The van der Waals surface area contributed by atoms with Crippen LogP contribution in [0.25, 0.3) is 0 Å². The maximum Gasteiger partial charge on any atom is 0.162 e. The fourth-order valence-corrected chi connectivity index (χ4v) is 0.894. The van der Waals surface area contributed by atoms with Crippen molar-refractivity contribution in [3.8, 4) is 0 Å². The quantitative estimate of drug-likeness (QED) is 0.687. The van der Waals surface area contributed by atoms with Gasteiger partial charge in [-0.3, -0.25) is 0 Å². The summed E-state index contributed by atoms with van der Waals surface area (Å²) in [5.41, 5.74) is 0.887. The molecule has 0 heterocycles. The first-order chi connectivity index (χ1) is 5.83. The Balaban J connectivity index is 2.49. The second-order valence-electron chi connectivity index (χ2n) is 2.20. The average Bonchev–Trinajstić information content (AvgIpc) is 2.16. The zero-order valence-electron chi connectivity index (χ0n) is 6.36. The molecule has 0 aliphatic carbocycles. The molecule has 0 aliphatic rings. The van der Waals surface area contributed by atoms with Gasteiger partial charge in [-0.05, 0) is 12.1 Å². The maximum atomic E-state index is 10.0. The SMILES string of the molecule is O=S=C(O)CNc1ccccc1. The molecule has 0 aliphatic heterocycles. The van der Waals surface area contributed by atoms with Gasteiger partial charge >= 0.3 is 0 Å². The van der Waals surface area contributed by atoms with Gasteiger partial charge in [0.2, 0.25) is 0 Å². The van der Waals surface area contributed by atoms with Gasteiger partial charge in [0.1, 0.15) is 11.3 Å². The van der Waals surface area contributed by atoms with Crippen molar-refractivity contribution in [1.29, 1.82) is 0 Å². The summed E-state index contributed by atoms with van der Waals surface area (Å²) in [5.74, 6) is 0. The van der Waals surface area contributed by atoms with Gasteiger partial charge in [0.05, 0.1) is 6.54 Å². The Bertz CT molecular complexity index is 293. The van der Waals surface area contributed by atoms with Gasteiger partial charge in [-0.15, -0.1) is 0 Å². The molecule has 1 aromatic carbocycles. The van der Waals surface area contributed by atoms with Gasteiger partial charge < -0.3 is 10.4 Å². The Hall–Kier alpha value is -1.13. The second kappa shape index (κ2) is 4.69. The predicted octanol–water partition coefficient (Wildman–Crippen LogP) is 0.999. The third-order valence-corrected chi connectivity index (χ3v) is 1.65. The molecule has 64 valence electrons. The Morgan fingerprint density at radius 3 is 2.67 bits per heavy atom. The fourth-order valence-electron chi connectivity index (χ4n) is 0.763. The smallest absolute Gasteiger partial charge is 0.162 e. The molecule has 0 amide bonds. The summed E-state index contributed by atoms with van der Waals surface area (Å²) in [7, 11) is 0. The standard InChI is InChI=1S/C8H9NO2S/c10-8(12-11)6-9-7-4-2-1-3-5-7/h1-5,9-10H,6H2. The predicted molar refractivity (Wildman–Crippen MR) is 50.7 cm³/mol. The molecule has 0 aromatic heterocycles. The van der Waals surface area contributed by atoms with E-state index in [0.717, 1.165) is 5.69 Å². The summed E-state index contributed by atoms with van der Waals surface area (Å²) in [6.45, 7) is 0.193. The molecule has 1 rings (SSSR count). The van der Waals surface area contributed by atoms with Crippen molar-refractivity contribution >= 4 is 22.0 Å². The molecular formula is C8H9NO2S. The average molecular weight is 183 g/mol. The van der Waals surface area contributed by atoms with Crippen molar-refractivity contribution in [3.05, 3.63) is 30.3 Å². The molecule has 0 atom stereocenters. The molecule has 0 saturated carbocycles. The third kappa shape index (κ3) is 2.86. The lowest BCUT2D eigenvalue weighted by molar-refractivity contribution is 0.558. The summed E-state index contributed by atoms with van der Waals surface area (Å²) in [6.07, 6.45) is 0. The molecule has 0 fully saturated rings. The molecule has 3 nitrogen and oxygen atoms in total. The molecule has 0 bridgehead atoms. The molecular weight excluding hydrogens is 174 g/mol. The lowest BCUT2D eigenvalue weighted by Gasteiger charge is -2.01. The summed E-state index contributed by atoms with van der Waals surface area (Å²) >= 11 is 0.104. The van der Waals surface area contributed by atoms with Crippen molar-refractivity contribution in [3.63, 3.8) is 0 Å². The molecule has 0 unspecified atom stereocenters. The number of nitrogens with one attached hydrogen (secondary N) is 1. The van der Waals surface area contributed by atoms with E-state index in [1.165, 1.54) is 0 Å². The number of para-hydroxylation sites is 1. The van der Waals surface area contributed by atoms with Crippen LogP contribution < -0.4 is 5.32 Å². The molecule has 1 aromatic rings. The van der Waals surface area contributed by atoms with Gasteiger partial charge in [0.15, 0.2) is 5.05 Å². The number of hydrogen-bond acceptors (Lipinski definition) is 2. The minimum Gasteiger partial charge on any atom is -0.378 e. The first kappa shape index (κ1) is 8.96. The zero-order valence-corrected chi connectivity index (χ0v) is 7.17.